The molecule has 2 aliphatic rings. The summed E-state index contributed by atoms with van der Waals surface area (Å²) in [6.45, 7) is 3.97. The van der Waals surface area contributed by atoms with E-state index in [-0.39, 0.29) is 42.1 Å². The maximum absolute atomic E-state index is 12.3. The Kier molecular flexibility index (Phi) is 5.75. The molecule has 1 N–H and O–H groups in total. The molecule has 0 unspecified atom stereocenters. The summed E-state index contributed by atoms with van der Waals surface area (Å²) < 4.78 is 0. The van der Waals surface area contributed by atoms with Gasteiger partial charge in [0.25, 0.3) is 0 Å². The van der Waals surface area contributed by atoms with Crippen LogP contribution in [-0.4, -0.2) is 35.2 Å². The van der Waals surface area contributed by atoms with Gasteiger partial charge >= 0.3 is 0 Å². The first-order valence-electron chi connectivity index (χ1n) is 8.34. The lowest BCUT2D eigenvalue weighted by Gasteiger charge is -2.18. The van der Waals surface area contributed by atoms with Crippen LogP contribution in [0.3, 0.4) is 0 Å². The van der Waals surface area contributed by atoms with Crippen LogP contribution in [-0.2, 0) is 14.4 Å². The van der Waals surface area contributed by atoms with Gasteiger partial charge in [0, 0.05) is 6.04 Å². The van der Waals surface area contributed by atoms with Crippen molar-refractivity contribution < 1.29 is 14.4 Å². The highest BCUT2D eigenvalue weighted by molar-refractivity contribution is 6.07. The minimum atomic E-state index is -0.257. The molecule has 5 heteroatoms. The average Bonchev–Trinajstić information content (AvgIpc) is 2.73. The molecular weight excluding hydrogens is 280 g/mol. The lowest BCUT2D eigenvalue weighted by molar-refractivity contribution is -0.143. The maximum atomic E-state index is 12.3. The molecule has 22 heavy (non-hydrogen) atoms. The van der Waals surface area contributed by atoms with Crippen LogP contribution in [0.15, 0.2) is 12.2 Å². The lowest BCUT2D eigenvalue weighted by atomic mass is 9.85. The fraction of sp³-hybridized carbons (Fsp3) is 0.706. The van der Waals surface area contributed by atoms with Gasteiger partial charge in [-0.2, -0.15) is 0 Å². The van der Waals surface area contributed by atoms with Crippen LogP contribution in [0.2, 0.25) is 0 Å². The number of imide groups is 1. The Morgan fingerprint density at radius 2 is 1.82 bits per heavy atom. The number of hydrogen-bond acceptors (Lipinski definition) is 3. The summed E-state index contributed by atoms with van der Waals surface area (Å²) in [5.41, 5.74) is 0. The highest BCUT2D eigenvalue weighted by Crippen LogP contribution is 2.34. The van der Waals surface area contributed by atoms with Crippen molar-refractivity contribution in [2.75, 3.05) is 6.54 Å². The zero-order valence-corrected chi connectivity index (χ0v) is 13.5. The Hall–Kier alpha value is -1.65. The summed E-state index contributed by atoms with van der Waals surface area (Å²) in [4.78, 5) is 37.8. The predicted octanol–water partition coefficient (Wildman–Crippen LogP) is 2.02. The third-order valence-corrected chi connectivity index (χ3v) is 4.55. The second-order valence-electron chi connectivity index (χ2n) is 6.38. The molecule has 0 aromatic heterocycles. The number of likely N-dealkylation sites (tertiary alicyclic amines) is 1. The van der Waals surface area contributed by atoms with Crippen molar-refractivity contribution in [1.29, 1.82) is 0 Å². The first kappa shape index (κ1) is 16.7. The SMILES string of the molecule is CCCCC[C@@H](C)NC(=O)CN1C(=O)[C@H]2CC=CC[C@@H]2C1=O. The van der Waals surface area contributed by atoms with Crippen molar-refractivity contribution in [2.24, 2.45) is 11.8 Å². The number of carbonyl (C=O) groups excluding carboxylic acids is 3. The molecule has 5 nitrogen and oxygen atoms in total. The minimum absolute atomic E-state index is 0.0794. The van der Waals surface area contributed by atoms with Gasteiger partial charge in [0.05, 0.1) is 11.8 Å². The van der Waals surface area contributed by atoms with Crippen molar-refractivity contribution in [3.63, 3.8) is 0 Å². The van der Waals surface area contributed by atoms with Gasteiger partial charge in [-0.15, -0.1) is 0 Å². The van der Waals surface area contributed by atoms with Crippen LogP contribution in [0, 0.1) is 11.8 Å². The molecule has 122 valence electrons. The number of rotatable bonds is 7. The second kappa shape index (κ2) is 7.56. The van der Waals surface area contributed by atoms with Gasteiger partial charge in [0.1, 0.15) is 6.54 Å². The zero-order valence-electron chi connectivity index (χ0n) is 13.5. The Morgan fingerprint density at radius 1 is 1.23 bits per heavy atom. The van der Waals surface area contributed by atoms with E-state index >= 15 is 0 Å². The number of nitrogens with zero attached hydrogens (tertiary/aromatic N) is 1. The molecule has 1 aliphatic carbocycles. The fourth-order valence-corrected chi connectivity index (χ4v) is 3.26. The monoisotopic (exact) mass is 306 g/mol. The van der Waals surface area contributed by atoms with E-state index in [1.165, 1.54) is 0 Å². The summed E-state index contributed by atoms with van der Waals surface area (Å²) in [5.74, 6) is -1.13. The van der Waals surface area contributed by atoms with Gasteiger partial charge in [-0.1, -0.05) is 38.3 Å². The van der Waals surface area contributed by atoms with E-state index in [1.807, 2.05) is 19.1 Å². The standard InChI is InChI=1S/C17H26N2O3/c1-3-4-5-8-12(2)18-15(20)11-19-16(21)13-9-6-7-10-14(13)17(19)22/h6-7,12-14H,3-5,8-11H2,1-2H3,(H,18,20)/t12-,13+,14+/m1/s1. The van der Waals surface area contributed by atoms with Crippen LogP contribution >= 0.6 is 0 Å². The molecule has 3 atom stereocenters. The molecule has 0 spiro atoms. The van der Waals surface area contributed by atoms with Crippen LogP contribution < -0.4 is 5.32 Å². The molecule has 0 aromatic rings. The van der Waals surface area contributed by atoms with E-state index < -0.39 is 0 Å². The van der Waals surface area contributed by atoms with Crippen LogP contribution in [0.4, 0.5) is 0 Å². The first-order chi connectivity index (χ1) is 10.5. The zero-order chi connectivity index (χ0) is 16.1. The normalized spacial score (nSPS) is 25.3. The first-order valence-corrected chi connectivity index (χ1v) is 8.34. The fourth-order valence-electron chi connectivity index (χ4n) is 3.26. The molecule has 0 aromatic carbocycles. The number of hydrogen-bond donors (Lipinski definition) is 1. The van der Waals surface area contributed by atoms with Crippen LogP contribution in [0.25, 0.3) is 0 Å². The highest BCUT2D eigenvalue weighted by Gasteiger charge is 2.47. The van der Waals surface area contributed by atoms with Crippen molar-refractivity contribution in [2.45, 2.75) is 58.4 Å². The Balaban J connectivity index is 1.84. The molecule has 0 radical (unpaired) electrons. The Morgan fingerprint density at radius 3 is 2.36 bits per heavy atom. The molecule has 3 amide bonds. The average molecular weight is 306 g/mol. The number of unbranched alkanes of at least 4 members (excludes halogenated alkanes) is 2. The van der Waals surface area contributed by atoms with Gasteiger partial charge in [0.2, 0.25) is 17.7 Å². The predicted molar refractivity (Wildman–Crippen MR) is 83.8 cm³/mol. The third kappa shape index (κ3) is 3.76. The van der Waals surface area contributed by atoms with Crippen molar-refractivity contribution in [1.82, 2.24) is 10.2 Å². The summed E-state index contributed by atoms with van der Waals surface area (Å²) >= 11 is 0. The van der Waals surface area contributed by atoms with Gasteiger partial charge < -0.3 is 5.32 Å². The molecule has 0 bridgehead atoms. The van der Waals surface area contributed by atoms with E-state index in [4.69, 9.17) is 0 Å². The molecule has 0 saturated carbocycles. The van der Waals surface area contributed by atoms with Gasteiger partial charge in [-0.05, 0) is 26.2 Å². The number of fused-ring (bicyclic) bond motifs is 1. The number of amides is 3. The van der Waals surface area contributed by atoms with E-state index in [0.29, 0.717) is 12.8 Å². The summed E-state index contributed by atoms with van der Waals surface area (Å²) in [6.07, 6.45) is 9.43. The molecule has 1 fully saturated rings. The Labute approximate surface area is 132 Å². The third-order valence-electron chi connectivity index (χ3n) is 4.55. The van der Waals surface area contributed by atoms with Crippen molar-refractivity contribution in [3.8, 4) is 0 Å². The van der Waals surface area contributed by atoms with Gasteiger partial charge in [0.15, 0.2) is 0 Å². The number of allylic oxidation sites excluding steroid dienone is 2. The number of nitrogens with one attached hydrogen (secondary N) is 1. The summed E-state index contributed by atoms with van der Waals surface area (Å²) in [5, 5.41) is 2.89. The summed E-state index contributed by atoms with van der Waals surface area (Å²) in [6, 6.07) is 0.0794. The molecule has 1 aliphatic heterocycles. The van der Waals surface area contributed by atoms with Crippen LogP contribution in [0.5, 0.6) is 0 Å². The van der Waals surface area contributed by atoms with Crippen molar-refractivity contribution >= 4 is 17.7 Å². The van der Waals surface area contributed by atoms with Crippen LogP contribution in [0.1, 0.15) is 52.4 Å². The smallest absolute Gasteiger partial charge is 0.240 e. The minimum Gasteiger partial charge on any atom is -0.352 e. The molecule has 2 rings (SSSR count). The van der Waals surface area contributed by atoms with Crippen molar-refractivity contribution in [3.05, 3.63) is 12.2 Å². The van der Waals surface area contributed by atoms with E-state index in [1.54, 1.807) is 0 Å². The molecule has 1 heterocycles. The largest absolute Gasteiger partial charge is 0.352 e. The highest BCUT2D eigenvalue weighted by atomic mass is 16.2. The maximum Gasteiger partial charge on any atom is 0.240 e. The number of carbonyl (C=O) groups is 3. The summed E-state index contributed by atoms with van der Waals surface area (Å²) in [7, 11) is 0. The molecule has 1 saturated heterocycles. The molecular formula is C17H26N2O3. The van der Waals surface area contributed by atoms with E-state index in [0.717, 1.165) is 30.6 Å². The topological polar surface area (TPSA) is 66.5 Å². The van der Waals surface area contributed by atoms with E-state index in [2.05, 4.69) is 12.2 Å². The second-order valence-corrected chi connectivity index (χ2v) is 6.38. The lowest BCUT2D eigenvalue weighted by Crippen LogP contribution is -2.43. The van der Waals surface area contributed by atoms with E-state index in [9.17, 15) is 14.4 Å². The Bertz CT molecular complexity index is 447. The quantitative estimate of drug-likeness (QED) is 0.444. The van der Waals surface area contributed by atoms with Gasteiger partial charge in [-0.25, -0.2) is 0 Å². The van der Waals surface area contributed by atoms with Gasteiger partial charge in [-0.3, -0.25) is 19.3 Å².